The maximum Gasteiger partial charge on any atom is 0.363 e. The van der Waals surface area contributed by atoms with Gasteiger partial charge in [-0.15, -0.1) is 0 Å². The highest BCUT2D eigenvalue weighted by atomic mass is 32.2. The van der Waals surface area contributed by atoms with Crippen LogP contribution in [-0.2, 0) is 19.4 Å². The van der Waals surface area contributed by atoms with Crippen molar-refractivity contribution in [3.8, 4) is 11.4 Å². The molecule has 1 aromatic carbocycles. The van der Waals surface area contributed by atoms with E-state index in [1.807, 2.05) is 30.3 Å². The highest BCUT2D eigenvalue weighted by Gasteiger charge is 2.34. The van der Waals surface area contributed by atoms with Crippen molar-refractivity contribution in [2.75, 3.05) is 31.8 Å². The fourth-order valence-electron chi connectivity index (χ4n) is 3.30. The van der Waals surface area contributed by atoms with Gasteiger partial charge in [0, 0.05) is 12.6 Å². The minimum absolute atomic E-state index is 0.0457. The van der Waals surface area contributed by atoms with Gasteiger partial charge in [0.2, 0.25) is 5.69 Å². The van der Waals surface area contributed by atoms with Gasteiger partial charge in [-0.1, -0.05) is 18.2 Å². The number of sulfone groups is 1. The molecule has 1 aliphatic rings. The monoisotopic (exact) mass is 421 g/mol. The maximum absolute atomic E-state index is 12.5. The van der Waals surface area contributed by atoms with Gasteiger partial charge in [-0.2, -0.15) is 5.10 Å². The van der Waals surface area contributed by atoms with E-state index in [1.54, 1.807) is 13.1 Å². The molecule has 0 spiro atoms. The van der Waals surface area contributed by atoms with Crippen molar-refractivity contribution in [2.24, 2.45) is 0 Å². The van der Waals surface area contributed by atoms with Crippen molar-refractivity contribution < 1.29 is 27.5 Å². The van der Waals surface area contributed by atoms with Gasteiger partial charge in [-0.25, -0.2) is 17.9 Å². The predicted octanol–water partition coefficient (Wildman–Crippen LogP) is 1.07. The second kappa shape index (κ2) is 8.64. The molecule has 1 saturated heterocycles. The lowest BCUT2D eigenvalue weighted by Crippen LogP contribution is -2.43. The summed E-state index contributed by atoms with van der Waals surface area (Å²) in [5.74, 6) is -1.00. The molecule has 2 aromatic rings. The SMILES string of the molecule is CCN(C(=O)COC(=O)c1nn(-c2ccccc2)cc1OC)[C@H]1CCS(=O)(=O)C1. The van der Waals surface area contributed by atoms with Crippen LogP contribution < -0.4 is 4.74 Å². The average molecular weight is 421 g/mol. The first-order chi connectivity index (χ1) is 13.8. The molecule has 0 unspecified atom stereocenters. The van der Waals surface area contributed by atoms with Crippen LogP contribution in [0.1, 0.15) is 23.8 Å². The molecule has 156 valence electrons. The summed E-state index contributed by atoms with van der Waals surface area (Å²) in [7, 11) is -1.71. The number of aromatic nitrogens is 2. The minimum Gasteiger partial charge on any atom is -0.493 e. The number of amides is 1. The number of ether oxygens (including phenoxy) is 2. The lowest BCUT2D eigenvalue weighted by Gasteiger charge is -2.26. The van der Waals surface area contributed by atoms with Crippen molar-refractivity contribution in [3.05, 3.63) is 42.2 Å². The molecule has 1 fully saturated rings. The number of benzene rings is 1. The van der Waals surface area contributed by atoms with E-state index >= 15 is 0 Å². The number of nitrogens with zero attached hydrogens (tertiary/aromatic N) is 3. The summed E-state index contributed by atoms with van der Waals surface area (Å²) in [6.45, 7) is 1.60. The fraction of sp³-hybridized carbons (Fsp3) is 0.421. The normalized spacial score (nSPS) is 17.7. The topological polar surface area (TPSA) is 108 Å². The molecule has 10 heteroatoms. The van der Waals surface area contributed by atoms with Crippen molar-refractivity contribution in [2.45, 2.75) is 19.4 Å². The van der Waals surface area contributed by atoms with E-state index in [0.717, 1.165) is 5.69 Å². The predicted molar refractivity (Wildman–Crippen MR) is 105 cm³/mol. The summed E-state index contributed by atoms with van der Waals surface area (Å²) in [6.07, 6.45) is 1.95. The summed E-state index contributed by atoms with van der Waals surface area (Å²) in [5, 5.41) is 4.20. The van der Waals surface area contributed by atoms with E-state index in [4.69, 9.17) is 9.47 Å². The molecule has 0 radical (unpaired) electrons. The first-order valence-corrected chi connectivity index (χ1v) is 11.0. The Morgan fingerprint density at radius 3 is 2.59 bits per heavy atom. The molecule has 0 saturated carbocycles. The van der Waals surface area contributed by atoms with Crippen LogP contribution >= 0.6 is 0 Å². The lowest BCUT2D eigenvalue weighted by molar-refractivity contribution is -0.136. The lowest BCUT2D eigenvalue weighted by atomic mass is 10.2. The second-order valence-corrected chi connectivity index (χ2v) is 8.87. The molecule has 1 atom stereocenters. The number of carbonyl (C=O) groups excluding carboxylic acids is 2. The highest BCUT2D eigenvalue weighted by Crippen LogP contribution is 2.21. The number of hydrogen-bond acceptors (Lipinski definition) is 7. The van der Waals surface area contributed by atoms with E-state index in [2.05, 4.69) is 5.10 Å². The fourth-order valence-corrected chi connectivity index (χ4v) is 5.03. The minimum atomic E-state index is -3.12. The molecule has 29 heavy (non-hydrogen) atoms. The number of methoxy groups -OCH3 is 1. The molecular formula is C19H23N3O6S. The van der Waals surface area contributed by atoms with Crippen LogP contribution in [-0.4, -0.2) is 72.8 Å². The van der Waals surface area contributed by atoms with Gasteiger partial charge in [0.05, 0.1) is 30.5 Å². The quantitative estimate of drug-likeness (QED) is 0.616. The molecule has 9 nitrogen and oxygen atoms in total. The molecule has 3 rings (SSSR count). The molecule has 1 aliphatic heterocycles. The summed E-state index contributed by atoms with van der Waals surface area (Å²) >= 11 is 0. The van der Waals surface area contributed by atoms with Gasteiger partial charge in [0.15, 0.2) is 22.2 Å². The average Bonchev–Trinajstić information content (AvgIpc) is 3.30. The number of rotatable bonds is 7. The van der Waals surface area contributed by atoms with Gasteiger partial charge >= 0.3 is 5.97 Å². The van der Waals surface area contributed by atoms with Crippen LogP contribution in [0.3, 0.4) is 0 Å². The van der Waals surface area contributed by atoms with Crippen LogP contribution in [0.2, 0.25) is 0 Å². The first kappa shape index (κ1) is 20.8. The van der Waals surface area contributed by atoms with Gasteiger partial charge in [-0.3, -0.25) is 4.79 Å². The molecular weight excluding hydrogens is 398 g/mol. The van der Waals surface area contributed by atoms with Gasteiger partial charge in [-0.05, 0) is 25.5 Å². The molecule has 1 aromatic heterocycles. The van der Waals surface area contributed by atoms with E-state index in [9.17, 15) is 18.0 Å². The number of esters is 1. The molecule has 0 aliphatic carbocycles. The second-order valence-electron chi connectivity index (χ2n) is 6.64. The third-order valence-corrected chi connectivity index (χ3v) is 6.50. The Labute approximate surface area is 169 Å². The third-order valence-electron chi connectivity index (χ3n) is 4.75. The molecule has 0 bridgehead atoms. The van der Waals surface area contributed by atoms with Crippen molar-refractivity contribution >= 4 is 21.7 Å². The zero-order valence-electron chi connectivity index (χ0n) is 16.3. The Kier molecular flexibility index (Phi) is 6.21. The Hall–Kier alpha value is -2.88. The first-order valence-electron chi connectivity index (χ1n) is 9.20. The zero-order valence-corrected chi connectivity index (χ0v) is 17.1. The summed E-state index contributed by atoms with van der Waals surface area (Å²) in [4.78, 5) is 26.4. The van der Waals surface area contributed by atoms with Crippen molar-refractivity contribution in [1.29, 1.82) is 0 Å². The summed E-state index contributed by atoms with van der Waals surface area (Å²) < 4.78 is 35.2. The third kappa shape index (κ3) is 4.76. The smallest absolute Gasteiger partial charge is 0.363 e. The van der Waals surface area contributed by atoms with E-state index in [1.165, 1.54) is 16.7 Å². The van der Waals surface area contributed by atoms with Gasteiger partial charge in [0.1, 0.15) is 0 Å². The van der Waals surface area contributed by atoms with Gasteiger partial charge in [0.25, 0.3) is 5.91 Å². The van der Waals surface area contributed by atoms with Gasteiger partial charge < -0.3 is 14.4 Å². The van der Waals surface area contributed by atoms with Crippen LogP contribution in [0, 0.1) is 0 Å². The number of likely N-dealkylation sites (N-methyl/N-ethyl adjacent to an activating group) is 1. The Bertz CT molecular complexity index is 987. The molecule has 2 heterocycles. The number of para-hydroxylation sites is 1. The maximum atomic E-state index is 12.5. The van der Waals surface area contributed by atoms with E-state index < -0.39 is 28.3 Å². The van der Waals surface area contributed by atoms with Crippen molar-refractivity contribution in [1.82, 2.24) is 14.7 Å². The van der Waals surface area contributed by atoms with E-state index in [0.29, 0.717) is 13.0 Å². The summed E-state index contributed by atoms with van der Waals surface area (Å²) in [6, 6.07) is 8.79. The standard InChI is InChI=1S/C19H23N3O6S/c1-3-21(15-9-10-29(25,26)13-15)17(23)12-28-19(24)18-16(27-2)11-22(20-18)14-7-5-4-6-8-14/h4-8,11,15H,3,9-10,12-13H2,1-2H3/t15-/m0/s1. The Balaban J connectivity index is 1.67. The summed E-state index contributed by atoms with van der Waals surface area (Å²) in [5.41, 5.74) is 0.691. The zero-order chi connectivity index (χ0) is 21.0. The van der Waals surface area contributed by atoms with Crippen LogP contribution in [0.25, 0.3) is 5.69 Å². The largest absolute Gasteiger partial charge is 0.493 e. The van der Waals surface area contributed by atoms with E-state index in [-0.39, 0.29) is 29.0 Å². The van der Waals surface area contributed by atoms with Crippen LogP contribution in [0.5, 0.6) is 5.75 Å². The van der Waals surface area contributed by atoms with Crippen molar-refractivity contribution in [3.63, 3.8) is 0 Å². The van der Waals surface area contributed by atoms with Crippen LogP contribution in [0.15, 0.2) is 36.5 Å². The molecule has 1 amide bonds. The number of carbonyl (C=O) groups is 2. The Morgan fingerprint density at radius 2 is 2.00 bits per heavy atom. The highest BCUT2D eigenvalue weighted by molar-refractivity contribution is 7.91. The molecule has 0 N–H and O–H groups in total. The number of hydrogen-bond donors (Lipinski definition) is 0. The Morgan fingerprint density at radius 1 is 1.28 bits per heavy atom. The van der Waals surface area contributed by atoms with Crippen LogP contribution in [0.4, 0.5) is 0 Å².